The van der Waals surface area contributed by atoms with Crippen molar-refractivity contribution in [3.8, 4) is 0 Å². The van der Waals surface area contributed by atoms with Crippen molar-refractivity contribution in [3.63, 3.8) is 0 Å². The fraction of sp³-hybridized carbons (Fsp3) is 0.500. The zero-order valence-electron chi connectivity index (χ0n) is 14.9. The summed E-state index contributed by atoms with van der Waals surface area (Å²) < 4.78 is 5.14. The van der Waals surface area contributed by atoms with Crippen LogP contribution in [0.2, 0.25) is 0 Å². The summed E-state index contributed by atoms with van der Waals surface area (Å²) >= 11 is 0. The number of benzene rings is 1. The van der Waals surface area contributed by atoms with Gasteiger partial charge in [-0.1, -0.05) is 36.3 Å². The molecule has 1 N–H and O–H groups in total. The molecule has 0 radical (unpaired) electrons. The molecule has 6 nitrogen and oxygen atoms in total. The normalized spacial score (nSPS) is 14.0. The zero-order valence-corrected chi connectivity index (χ0v) is 17.2. The van der Waals surface area contributed by atoms with E-state index in [9.17, 15) is 0 Å². The lowest BCUT2D eigenvalue weighted by Gasteiger charge is -2.31. The van der Waals surface area contributed by atoms with E-state index in [0.717, 1.165) is 44.3 Å². The molecule has 2 heterocycles. The molecule has 0 fully saturated rings. The maximum absolute atomic E-state index is 5.14. The Balaban J connectivity index is 0.00000225. The van der Waals surface area contributed by atoms with Crippen LogP contribution in [0.5, 0.6) is 0 Å². The van der Waals surface area contributed by atoms with Gasteiger partial charge in [-0.05, 0) is 24.5 Å². The smallest absolute Gasteiger partial charge is 0.226 e. The van der Waals surface area contributed by atoms with Gasteiger partial charge in [0.25, 0.3) is 0 Å². The second-order valence-electron chi connectivity index (χ2n) is 5.88. The van der Waals surface area contributed by atoms with Crippen LogP contribution in [-0.2, 0) is 25.8 Å². The molecular weight excluding hydrogens is 429 g/mol. The average Bonchev–Trinajstić information content (AvgIpc) is 3.08. The SMILES string of the molecule is CCNC(=NCCc1noc(CC)n1)N1CCc2ccccc2C1.I. The maximum Gasteiger partial charge on any atom is 0.226 e. The molecular formula is C18H26IN5O. The third-order valence-electron chi connectivity index (χ3n) is 4.17. The van der Waals surface area contributed by atoms with Crippen molar-refractivity contribution in [2.24, 2.45) is 4.99 Å². The van der Waals surface area contributed by atoms with Gasteiger partial charge in [0.15, 0.2) is 11.8 Å². The molecule has 1 aliphatic rings. The van der Waals surface area contributed by atoms with E-state index < -0.39 is 0 Å². The van der Waals surface area contributed by atoms with Crippen molar-refractivity contribution >= 4 is 29.9 Å². The second-order valence-corrected chi connectivity index (χ2v) is 5.88. The number of hydrogen-bond acceptors (Lipinski definition) is 4. The Hall–Kier alpha value is -1.64. The van der Waals surface area contributed by atoms with Crippen LogP contribution in [0, 0.1) is 0 Å². The number of aryl methyl sites for hydroxylation is 1. The molecule has 0 saturated carbocycles. The first-order chi connectivity index (χ1) is 11.8. The monoisotopic (exact) mass is 455 g/mol. The number of fused-ring (bicyclic) bond motifs is 1. The standard InChI is InChI=1S/C18H25N5O.HI/c1-3-17-21-16(22-24-17)9-11-20-18(19-4-2)23-12-10-14-7-5-6-8-15(14)13-23;/h5-8H,3-4,9-13H2,1-2H3,(H,19,20);1H. The summed E-state index contributed by atoms with van der Waals surface area (Å²) in [4.78, 5) is 11.4. The minimum atomic E-state index is 0. The molecule has 0 saturated heterocycles. The van der Waals surface area contributed by atoms with Crippen LogP contribution in [0.15, 0.2) is 33.8 Å². The highest BCUT2D eigenvalue weighted by atomic mass is 127. The van der Waals surface area contributed by atoms with Gasteiger partial charge in [-0.25, -0.2) is 0 Å². The first-order valence-corrected chi connectivity index (χ1v) is 8.71. The molecule has 1 aromatic carbocycles. The molecule has 1 aliphatic heterocycles. The summed E-state index contributed by atoms with van der Waals surface area (Å²) in [7, 11) is 0. The van der Waals surface area contributed by atoms with Crippen LogP contribution in [0.25, 0.3) is 0 Å². The van der Waals surface area contributed by atoms with Gasteiger partial charge in [0.1, 0.15) is 0 Å². The van der Waals surface area contributed by atoms with E-state index in [1.165, 1.54) is 11.1 Å². The topological polar surface area (TPSA) is 66.5 Å². The molecule has 3 rings (SSSR count). The summed E-state index contributed by atoms with van der Waals surface area (Å²) in [5, 5.41) is 7.38. The molecule has 0 aliphatic carbocycles. The maximum atomic E-state index is 5.14. The van der Waals surface area contributed by atoms with Crippen LogP contribution in [0.4, 0.5) is 0 Å². The number of aliphatic imine (C=N–C) groups is 1. The Morgan fingerprint density at radius 1 is 1.28 bits per heavy atom. The van der Waals surface area contributed by atoms with Crippen LogP contribution < -0.4 is 5.32 Å². The predicted octanol–water partition coefficient (Wildman–Crippen LogP) is 2.82. The van der Waals surface area contributed by atoms with Gasteiger partial charge in [-0.3, -0.25) is 4.99 Å². The molecule has 0 atom stereocenters. The number of aromatic nitrogens is 2. The molecule has 0 amide bonds. The van der Waals surface area contributed by atoms with Gasteiger partial charge in [0, 0.05) is 39.0 Å². The predicted molar refractivity (Wildman–Crippen MR) is 109 cm³/mol. The van der Waals surface area contributed by atoms with Crippen LogP contribution >= 0.6 is 24.0 Å². The largest absolute Gasteiger partial charge is 0.357 e. The molecule has 25 heavy (non-hydrogen) atoms. The minimum absolute atomic E-state index is 0. The Kier molecular flexibility index (Phi) is 7.67. The average molecular weight is 455 g/mol. The second kappa shape index (κ2) is 9.74. The number of rotatable bonds is 5. The van der Waals surface area contributed by atoms with E-state index in [1.807, 2.05) is 6.92 Å². The summed E-state index contributed by atoms with van der Waals surface area (Å²) in [6.45, 7) is 7.52. The van der Waals surface area contributed by atoms with Gasteiger partial charge >= 0.3 is 0 Å². The molecule has 136 valence electrons. The summed E-state index contributed by atoms with van der Waals surface area (Å²) in [5.74, 6) is 2.38. The van der Waals surface area contributed by atoms with Crippen molar-refractivity contribution < 1.29 is 4.52 Å². The van der Waals surface area contributed by atoms with Crippen LogP contribution in [-0.4, -0.2) is 40.6 Å². The third kappa shape index (κ3) is 5.17. The highest BCUT2D eigenvalue weighted by Crippen LogP contribution is 2.18. The quantitative estimate of drug-likeness (QED) is 0.427. The molecule has 7 heteroatoms. The fourth-order valence-electron chi connectivity index (χ4n) is 2.90. The third-order valence-corrected chi connectivity index (χ3v) is 4.17. The number of nitrogens with zero attached hydrogens (tertiary/aromatic N) is 4. The summed E-state index contributed by atoms with van der Waals surface area (Å²) in [6, 6.07) is 8.65. The highest BCUT2D eigenvalue weighted by molar-refractivity contribution is 14.0. The summed E-state index contributed by atoms with van der Waals surface area (Å²) in [6.07, 6.45) is 2.53. The van der Waals surface area contributed by atoms with E-state index >= 15 is 0 Å². The highest BCUT2D eigenvalue weighted by Gasteiger charge is 2.18. The molecule has 1 aromatic heterocycles. The van der Waals surface area contributed by atoms with Gasteiger partial charge < -0.3 is 14.7 Å². The molecule has 0 bridgehead atoms. The Labute approximate surface area is 166 Å². The van der Waals surface area contributed by atoms with Crippen LogP contribution in [0.3, 0.4) is 0 Å². The van der Waals surface area contributed by atoms with Crippen molar-refractivity contribution in [2.75, 3.05) is 19.6 Å². The van der Waals surface area contributed by atoms with E-state index in [-0.39, 0.29) is 24.0 Å². The lowest BCUT2D eigenvalue weighted by Crippen LogP contribution is -2.44. The Morgan fingerprint density at radius 2 is 2.08 bits per heavy atom. The lowest BCUT2D eigenvalue weighted by atomic mass is 10.0. The van der Waals surface area contributed by atoms with Crippen LogP contribution in [0.1, 0.15) is 36.7 Å². The number of nitrogens with one attached hydrogen (secondary N) is 1. The summed E-state index contributed by atoms with van der Waals surface area (Å²) in [5.41, 5.74) is 2.84. The number of hydrogen-bond donors (Lipinski definition) is 1. The van der Waals surface area contributed by atoms with E-state index in [2.05, 4.69) is 51.5 Å². The minimum Gasteiger partial charge on any atom is -0.357 e. The first kappa shape index (κ1) is 19.7. The van der Waals surface area contributed by atoms with Gasteiger partial charge in [0.2, 0.25) is 5.89 Å². The lowest BCUT2D eigenvalue weighted by molar-refractivity contribution is 0.375. The van der Waals surface area contributed by atoms with Gasteiger partial charge in [-0.15, -0.1) is 24.0 Å². The molecule has 0 spiro atoms. The van der Waals surface area contributed by atoms with E-state index in [0.29, 0.717) is 18.9 Å². The van der Waals surface area contributed by atoms with E-state index in [1.54, 1.807) is 0 Å². The van der Waals surface area contributed by atoms with E-state index in [4.69, 9.17) is 9.52 Å². The Morgan fingerprint density at radius 3 is 2.80 bits per heavy atom. The Bertz CT molecular complexity index is 700. The fourth-order valence-corrected chi connectivity index (χ4v) is 2.90. The number of guanidine groups is 1. The van der Waals surface area contributed by atoms with Crippen molar-refractivity contribution in [1.82, 2.24) is 20.4 Å². The van der Waals surface area contributed by atoms with Gasteiger partial charge in [-0.2, -0.15) is 4.98 Å². The van der Waals surface area contributed by atoms with Crippen molar-refractivity contribution in [3.05, 3.63) is 47.1 Å². The van der Waals surface area contributed by atoms with Crippen molar-refractivity contribution in [1.29, 1.82) is 0 Å². The number of halogens is 1. The first-order valence-electron chi connectivity index (χ1n) is 8.71. The van der Waals surface area contributed by atoms with Crippen molar-refractivity contribution in [2.45, 2.75) is 39.7 Å². The van der Waals surface area contributed by atoms with Gasteiger partial charge in [0.05, 0.1) is 0 Å². The molecule has 2 aromatic rings. The zero-order chi connectivity index (χ0) is 16.8. The molecule has 0 unspecified atom stereocenters.